The standard InChI is InChI=1S/C21H29N5/c1-16(2)25(17(3)4)11-9-20-14-23-21(24-12-10-22-15-24)26(20)19-8-6-7-18(5)13-19/h6-8,10,12-17H,9,11H2,1-5H3. The predicted molar refractivity (Wildman–Crippen MR) is 106 cm³/mol. The summed E-state index contributed by atoms with van der Waals surface area (Å²) in [5.74, 6) is 0.878. The number of imidazole rings is 2. The lowest BCUT2D eigenvalue weighted by Gasteiger charge is -2.30. The zero-order valence-electron chi connectivity index (χ0n) is 16.4. The zero-order valence-corrected chi connectivity index (χ0v) is 16.4. The number of nitrogens with zero attached hydrogens (tertiary/aromatic N) is 5. The Kier molecular flexibility index (Phi) is 5.57. The van der Waals surface area contributed by atoms with E-state index in [1.165, 1.54) is 11.3 Å². The van der Waals surface area contributed by atoms with Crippen molar-refractivity contribution < 1.29 is 0 Å². The van der Waals surface area contributed by atoms with E-state index in [1.807, 2.05) is 17.0 Å². The first-order chi connectivity index (χ1) is 12.5. The Morgan fingerprint density at radius 3 is 2.50 bits per heavy atom. The van der Waals surface area contributed by atoms with Crippen LogP contribution in [0, 0.1) is 6.92 Å². The molecule has 0 spiro atoms. The summed E-state index contributed by atoms with van der Waals surface area (Å²) >= 11 is 0. The van der Waals surface area contributed by atoms with Gasteiger partial charge in [-0.3, -0.25) is 14.0 Å². The fraction of sp³-hybridized carbons (Fsp3) is 0.429. The van der Waals surface area contributed by atoms with Gasteiger partial charge in [0.25, 0.3) is 0 Å². The number of hydrogen-bond acceptors (Lipinski definition) is 3. The van der Waals surface area contributed by atoms with Crippen molar-refractivity contribution >= 4 is 0 Å². The summed E-state index contributed by atoms with van der Waals surface area (Å²) in [5.41, 5.74) is 3.59. The first-order valence-electron chi connectivity index (χ1n) is 9.35. The van der Waals surface area contributed by atoms with Crippen LogP contribution in [0.2, 0.25) is 0 Å². The second-order valence-electron chi connectivity index (χ2n) is 7.37. The number of aryl methyl sites for hydroxylation is 1. The minimum Gasteiger partial charge on any atom is -0.298 e. The lowest BCUT2D eigenvalue weighted by Crippen LogP contribution is -2.38. The second kappa shape index (κ2) is 7.87. The molecule has 0 aliphatic heterocycles. The summed E-state index contributed by atoms with van der Waals surface area (Å²) in [5, 5.41) is 0. The van der Waals surface area contributed by atoms with Crippen LogP contribution in [0.4, 0.5) is 0 Å². The molecule has 0 bridgehead atoms. The fourth-order valence-corrected chi connectivity index (χ4v) is 3.52. The maximum Gasteiger partial charge on any atom is 0.219 e. The number of aromatic nitrogens is 4. The Labute approximate surface area is 156 Å². The summed E-state index contributed by atoms with van der Waals surface area (Å²) in [7, 11) is 0. The molecule has 0 saturated heterocycles. The Bertz CT molecular complexity index is 822. The van der Waals surface area contributed by atoms with E-state index in [4.69, 9.17) is 4.98 Å². The highest BCUT2D eigenvalue weighted by molar-refractivity contribution is 5.42. The average molecular weight is 351 g/mol. The topological polar surface area (TPSA) is 38.9 Å². The van der Waals surface area contributed by atoms with Crippen LogP contribution in [0.3, 0.4) is 0 Å². The van der Waals surface area contributed by atoms with Crippen molar-refractivity contribution in [3.05, 3.63) is 60.4 Å². The molecule has 3 rings (SSSR count). The van der Waals surface area contributed by atoms with Gasteiger partial charge in [-0.2, -0.15) is 0 Å². The van der Waals surface area contributed by atoms with Crippen LogP contribution in [0.15, 0.2) is 49.2 Å². The van der Waals surface area contributed by atoms with Crippen LogP contribution in [-0.4, -0.2) is 42.6 Å². The van der Waals surface area contributed by atoms with Crippen molar-refractivity contribution in [2.24, 2.45) is 0 Å². The van der Waals surface area contributed by atoms with Gasteiger partial charge in [-0.25, -0.2) is 9.97 Å². The third kappa shape index (κ3) is 3.88. The highest BCUT2D eigenvalue weighted by Gasteiger charge is 2.17. The van der Waals surface area contributed by atoms with Crippen molar-refractivity contribution in [3.8, 4) is 11.6 Å². The summed E-state index contributed by atoms with van der Waals surface area (Å²) in [6, 6.07) is 9.61. The number of rotatable bonds is 7. The van der Waals surface area contributed by atoms with Crippen LogP contribution >= 0.6 is 0 Å². The molecule has 0 aliphatic carbocycles. The minimum atomic E-state index is 0.526. The van der Waals surface area contributed by atoms with E-state index < -0.39 is 0 Å². The maximum absolute atomic E-state index is 4.70. The van der Waals surface area contributed by atoms with Crippen LogP contribution in [0.25, 0.3) is 11.6 Å². The van der Waals surface area contributed by atoms with Crippen molar-refractivity contribution in [3.63, 3.8) is 0 Å². The molecule has 138 valence electrons. The van der Waals surface area contributed by atoms with Gasteiger partial charge in [-0.05, 0) is 52.3 Å². The first kappa shape index (κ1) is 18.4. The molecule has 0 unspecified atom stereocenters. The van der Waals surface area contributed by atoms with E-state index in [0.717, 1.165) is 24.6 Å². The second-order valence-corrected chi connectivity index (χ2v) is 7.37. The molecule has 5 heteroatoms. The molecule has 0 fully saturated rings. The van der Waals surface area contributed by atoms with Crippen LogP contribution in [-0.2, 0) is 6.42 Å². The van der Waals surface area contributed by atoms with Gasteiger partial charge in [0.15, 0.2) is 0 Å². The summed E-state index contributed by atoms with van der Waals surface area (Å²) in [4.78, 5) is 11.4. The molecule has 0 saturated carbocycles. The number of benzene rings is 1. The van der Waals surface area contributed by atoms with Crippen molar-refractivity contribution in [1.82, 2.24) is 24.0 Å². The van der Waals surface area contributed by atoms with E-state index >= 15 is 0 Å². The Morgan fingerprint density at radius 2 is 1.88 bits per heavy atom. The van der Waals surface area contributed by atoms with Gasteiger partial charge in [0.2, 0.25) is 5.95 Å². The molecule has 3 aromatic rings. The average Bonchev–Trinajstić information content (AvgIpc) is 3.23. The van der Waals surface area contributed by atoms with Gasteiger partial charge in [-0.1, -0.05) is 12.1 Å². The van der Waals surface area contributed by atoms with Gasteiger partial charge in [0, 0.05) is 48.8 Å². The quantitative estimate of drug-likeness (QED) is 0.645. The first-order valence-corrected chi connectivity index (χ1v) is 9.35. The molecule has 26 heavy (non-hydrogen) atoms. The monoisotopic (exact) mass is 351 g/mol. The minimum absolute atomic E-state index is 0.526. The van der Waals surface area contributed by atoms with E-state index in [-0.39, 0.29) is 0 Å². The number of hydrogen-bond donors (Lipinski definition) is 0. The largest absolute Gasteiger partial charge is 0.298 e. The van der Waals surface area contributed by atoms with Gasteiger partial charge in [0.1, 0.15) is 6.33 Å². The predicted octanol–water partition coefficient (Wildman–Crippen LogP) is 4.03. The van der Waals surface area contributed by atoms with Crippen LogP contribution < -0.4 is 0 Å². The Morgan fingerprint density at radius 1 is 1.12 bits per heavy atom. The van der Waals surface area contributed by atoms with Crippen LogP contribution in [0.5, 0.6) is 0 Å². The molecule has 0 atom stereocenters. The van der Waals surface area contributed by atoms with Gasteiger partial charge in [-0.15, -0.1) is 0 Å². The molecule has 0 aliphatic rings. The SMILES string of the molecule is Cc1cccc(-n2c(CCN(C(C)C)C(C)C)cnc2-n2ccnc2)c1. The normalized spacial score (nSPS) is 11.8. The molecule has 1 aromatic carbocycles. The van der Waals surface area contributed by atoms with Gasteiger partial charge >= 0.3 is 0 Å². The Hall–Kier alpha value is -2.40. The lowest BCUT2D eigenvalue weighted by molar-refractivity contribution is 0.176. The fourth-order valence-electron chi connectivity index (χ4n) is 3.52. The van der Waals surface area contributed by atoms with E-state index in [0.29, 0.717) is 12.1 Å². The third-order valence-electron chi connectivity index (χ3n) is 4.76. The molecule has 2 aromatic heterocycles. The molecule has 0 amide bonds. The third-order valence-corrected chi connectivity index (χ3v) is 4.76. The molecular formula is C21H29N5. The van der Waals surface area contributed by atoms with Gasteiger partial charge < -0.3 is 0 Å². The summed E-state index contributed by atoms with van der Waals surface area (Å²) in [6.45, 7) is 12.2. The molecule has 2 heterocycles. The van der Waals surface area contributed by atoms with Crippen molar-refractivity contribution in [2.75, 3.05) is 6.54 Å². The molecular weight excluding hydrogens is 322 g/mol. The summed E-state index contributed by atoms with van der Waals surface area (Å²) in [6.07, 6.45) is 8.47. The lowest BCUT2D eigenvalue weighted by atomic mass is 10.2. The van der Waals surface area contributed by atoms with Crippen molar-refractivity contribution in [1.29, 1.82) is 0 Å². The summed E-state index contributed by atoms with van der Waals surface area (Å²) < 4.78 is 4.21. The molecule has 0 N–H and O–H groups in total. The van der Waals surface area contributed by atoms with E-state index in [9.17, 15) is 0 Å². The van der Waals surface area contributed by atoms with Gasteiger partial charge in [0.05, 0.1) is 6.20 Å². The highest BCUT2D eigenvalue weighted by Crippen LogP contribution is 2.20. The molecule has 0 radical (unpaired) electrons. The van der Waals surface area contributed by atoms with E-state index in [2.05, 4.69) is 73.3 Å². The Balaban J connectivity index is 1.98. The highest BCUT2D eigenvalue weighted by atomic mass is 15.3. The van der Waals surface area contributed by atoms with Crippen LogP contribution in [0.1, 0.15) is 39.0 Å². The van der Waals surface area contributed by atoms with E-state index in [1.54, 1.807) is 12.5 Å². The maximum atomic E-state index is 4.70. The smallest absolute Gasteiger partial charge is 0.219 e. The van der Waals surface area contributed by atoms with Crippen molar-refractivity contribution in [2.45, 2.75) is 53.1 Å². The zero-order chi connectivity index (χ0) is 18.7. The molecule has 5 nitrogen and oxygen atoms in total.